The predicted molar refractivity (Wildman–Crippen MR) is 71.0 cm³/mol. The molecule has 1 amide bonds. The van der Waals surface area contributed by atoms with Gasteiger partial charge in [0.15, 0.2) is 0 Å². The Morgan fingerprint density at radius 1 is 1.63 bits per heavy atom. The van der Waals surface area contributed by atoms with Gasteiger partial charge < -0.3 is 14.7 Å². The molecule has 104 valence electrons. The molecule has 1 aliphatic heterocycles. The summed E-state index contributed by atoms with van der Waals surface area (Å²) in [4.78, 5) is 14.4. The lowest BCUT2D eigenvalue weighted by Crippen LogP contribution is -2.52. The minimum atomic E-state index is -0.568. The van der Waals surface area contributed by atoms with E-state index >= 15 is 0 Å². The van der Waals surface area contributed by atoms with Crippen LogP contribution in [0.5, 0.6) is 0 Å². The fraction of sp³-hybridized carbons (Fsp3) is 0.462. The highest BCUT2D eigenvalue weighted by Crippen LogP contribution is 2.19. The molecule has 2 atom stereocenters. The average molecular weight is 285 g/mol. The van der Waals surface area contributed by atoms with E-state index in [9.17, 15) is 9.18 Å². The molecule has 1 N–H and O–H groups in total. The molecule has 2 rings (SSSR count). The van der Waals surface area contributed by atoms with Gasteiger partial charge in [-0.1, -0.05) is 0 Å². The third-order valence-corrected chi connectivity index (χ3v) is 3.43. The van der Waals surface area contributed by atoms with Gasteiger partial charge in [-0.25, -0.2) is 4.39 Å². The Balaban J connectivity index is 2.24. The van der Waals surface area contributed by atoms with Crippen molar-refractivity contribution >= 4 is 18.5 Å². The highest BCUT2D eigenvalue weighted by Gasteiger charge is 2.31. The molecule has 6 heteroatoms. The Labute approximate surface area is 116 Å². The first-order valence-electron chi connectivity index (χ1n) is 6.05. The number of halogens is 1. The number of aliphatic hydroxyl groups is 1. The van der Waals surface area contributed by atoms with Crippen molar-refractivity contribution in [3.05, 3.63) is 29.6 Å². The molecule has 0 aromatic heterocycles. The van der Waals surface area contributed by atoms with Crippen LogP contribution in [0.4, 0.5) is 4.39 Å². The van der Waals surface area contributed by atoms with Crippen LogP contribution in [-0.4, -0.2) is 47.8 Å². The number of morpholine rings is 1. The summed E-state index contributed by atoms with van der Waals surface area (Å²) in [7, 11) is 0. The zero-order valence-electron chi connectivity index (χ0n) is 10.5. The van der Waals surface area contributed by atoms with Gasteiger partial charge in [-0.2, -0.15) is 0 Å². The van der Waals surface area contributed by atoms with Gasteiger partial charge in [0.25, 0.3) is 5.91 Å². The molecular formula is C13H16FNO3S. The fourth-order valence-electron chi connectivity index (χ4n) is 2.04. The fourth-order valence-corrected chi connectivity index (χ4v) is 2.25. The van der Waals surface area contributed by atoms with E-state index in [0.29, 0.717) is 11.5 Å². The Hall–Kier alpha value is -1.11. The molecule has 4 nitrogen and oxygen atoms in total. The largest absolute Gasteiger partial charge is 0.394 e. The van der Waals surface area contributed by atoms with Gasteiger partial charge in [0.1, 0.15) is 5.82 Å². The number of hydrogen-bond donors (Lipinski definition) is 2. The molecule has 1 aromatic rings. The van der Waals surface area contributed by atoms with Crippen LogP contribution in [-0.2, 0) is 4.74 Å². The van der Waals surface area contributed by atoms with Gasteiger partial charge in [-0.3, -0.25) is 4.79 Å². The van der Waals surface area contributed by atoms with E-state index in [1.807, 2.05) is 6.92 Å². The summed E-state index contributed by atoms with van der Waals surface area (Å²) in [5, 5.41) is 9.10. The number of amides is 1. The Morgan fingerprint density at radius 3 is 3.05 bits per heavy atom. The maximum atomic E-state index is 13.7. The van der Waals surface area contributed by atoms with Gasteiger partial charge in [-0.15, -0.1) is 12.6 Å². The number of aliphatic hydroxyl groups excluding tert-OH is 1. The SMILES string of the molecule is CC1COC(CO)CN1C(=O)c1cc(S)ccc1F. The molecule has 1 aliphatic rings. The summed E-state index contributed by atoms with van der Waals surface area (Å²) in [5.74, 6) is -0.968. The number of rotatable bonds is 2. The van der Waals surface area contributed by atoms with Crippen molar-refractivity contribution in [2.24, 2.45) is 0 Å². The second kappa shape index (κ2) is 5.90. The maximum absolute atomic E-state index is 13.7. The maximum Gasteiger partial charge on any atom is 0.257 e. The molecule has 1 fully saturated rings. The molecule has 19 heavy (non-hydrogen) atoms. The van der Waals surface area contributed by atoms with Crippen LogP contribution in [0.25, 0.3) is 0 Å². The van der Waals surface area contributed by atoms with Gasteiger partial charge in [-0.05, 0) is 25.1 Å². The molecule has 2 unspecified atom stereocenters. The molecule has 1 saturated heterocycles. The molecule has 0 bridgehead atoms. The van der Waals surface area contributed by atoms with Gasteiger partial charge >= 0.3 is 0 Å². The van der Waals surface area contributed by atoms with E-state index in [1.165, 1.54) is 23.1 Å². The molecule has 0 aliphatic carbocycles. The molecule has 0 saturated carbocycles. The number of ether oxygens (including phenoxy) is 1. The first-order chi connectivity index (χ1) is 9.02. The summed E-state index contributed by atoms with van der Waals surface area (Å²) in [6.07, 6.45) is -0.414. The number of carbonyl (C=O) groups excluding carboxylic acids is 1. The average Bonchev–Trinajstić information content (AvgIpc) is 2.41. The third kappa shape index (κ3) is 3.08. The Bertz CT molecular complexity index is 483. The van der Waals surface area contributed by atoms with Crippen LogP contribution in [0, 0.1) is 5.82 Å². The van der Waals surface area contributed by atoms with Crippen LogP contribution < -0.4 is 0 Å². The van der Waals surface area contributed by atoms with Crippen LogP contribution in [0.3, 0.4) is 0 Å². The first-order valence-corrected chi connectivity index (χ1v) is 6.49. The van der Waals surface area contributed by atoms with Crippen LogP contribution in [0.2, 0.25) is 0 Å². The Morgan fingerprint density at radius 2 is 2.37 bits per heavy atom. The van der Waals surface area contributed by atoms with E-state index in [0.717, 1.165) is 0 Å². The van der Waals surface area contributed by atoms with Crippen molar-refractivity contribution in [3.63, 3.8) is 0 Å². The zero-order chi connectivity index (χ0) is 14.0. The van der Waals surface area contributed by atoms with Gasteiger partial charge in [0, 0.05) is 11.4 Å². The van der Waals surface area contributed by atoms with E-state index in [2.05, 4.69) is 12.6 Å². The minimum absolute atomic E-state index is 0.00191. The van der Waals surface area contributed by atoms with E-state index in [4.69, 9.17) is 9.84 Å². The standard InChI is InChI=1S/C13H16FNO3S/c1-8-7-18-9(6-16)5-15(8)13(17)11-4-10(19)2-3-12(11)14/h2-4,8-9,16,19H,5-7H2,1H3. The topological polar surface area (TPSA) is 49.8 Å². The highest BCUT2D eigenvalue weighted by atomic mass is 32.1. The number of carbonyl (C=O) groups is 1. The second-order valence-electron chi connectivity index (χ2n) is 4.61. The van der Waals surface area contributed by atoms with Crippen molar-refractivity contribution in [1.82, 2.24) is 4.90 Å². The summed E-state index contributed by atoms with van der Waals surface area (Å²) in [6.45, 7) is 2.26. The normalized spacial score (nSPS) is 23.5. The van der Waals surface area contributed by atoms with Crippen LogP contribution >= 0.6 is 12.6 Å². The highest BCUT2D eigenvalue weighted by molar-refractivity contribution is 7.80. The lowest BCUT2D eigenvalue weighted by atomic mass is 10.1. The van der Waals surface area contributed by atoms with E-state index in [-0.39, 0.29) is 24.8 Å². The van der Waals surface area contributed by atoms with Gasteiger partial charge in [0.2, 0.25) is 0 Å². The third-order valence-electron chi connectivity index (χ3n) is 3.15. The Kier molecular flexibility index (Phi) is 4.44. The number of hydrogen-bond acceptors (Lipinski definition) is 4. The quantitative estimate of drug-likeness (QED) is 0.806. The van der Waals surface area contributed by atoms with E-state index in [1.54, 1.807) is 0 Å². The van der Waals surface area contributed by atoms with Crippen molar-refractivity contribution in [3.8, 4) is 0 Å². The van der Waals surface area contributed by atoms with Crippen molar-refractivity contribution < 1.29 is 19.0 Å². The summed E-state index contributed by atoms with van der Waals surface area (Å²) in [5.41, 5.74) is -0.00191. The van der Waals surface area contributed by atoms with Crippen molar-refractivity contribution in [2.75, 3.05) is 19.8 Å². The molecule has 1 aromatic carbocycles. The van der Waals surface area contributed by atoms with Crippen molar-refractivity contribution in [1.29, 1.82) is 0 Å². The molecule has 1 heterocycles. The molecule has 0 radical (unpaired) electrons. The molecule has 0 spiro atoms. The zero-order valence-corrected chi connectivity index (χ0v) is 11.4. The number of benzene rings is 1. The monoisotopic (exact) mass is 285 g/mol. The summed E-state index contributed by atoms with van der Waals surface area (Å²) >= 11 is 4.12. The molecular weight excluding hydrogens is 269 g/mol. The number of thiol groups is 1. The summed E-state index contributed by atoms with van der Waals surface area (Å²) < 4.78 is 19.1. The van der Waals surface area contributed by atoms with E-state index < -0.39 is 17.8 Å². The van der Waals surface area contributed by atoms with Crippen molar-refractivity contribution in [2.45, 2.75) is 24.0 Å². The van der Waals surface area contributed by atoms with Gasteiger partial charge in [0.05, 0.1) is 30.9 Å². The second-order valence-corrected chi connectivity index (χ2v) is 5.12. The van der Waals surface area contributed by atoms with Crippen LogP contribution in [0.15, 0.2) is 23.1 Å². The van der Waals surface area contributed by atoms with Crippen LogP contribution in [0.1, 0.15) is 17.3 Å². The summed E-state index contributed by atoms with van der Waals surface area (Å²) in [6, 6.07) is 3.98. The number of nitrogens with zero attached hydrogens (tertiary/aromatic N) is 1. The lowest BCUT2D eigenvalue weighted by Gasteiger charge is -2.37. The minimum Gasteiger partial charge on any atom is -0.394 e. The smallest absolute Gasteiger partial charge is 0.257 e. The lowest BCUT2D eigenvalue weighted by molar-refractivity contribution is -0.0668. The predicted octanol–water partition coefficient (Wildman–Crippen LogP) is 1.34. The first kappa shape index (κ1) is 14.3.